The SMILES string of the molecule is COCCOc1ccc([C@@H](C)N2CCN(C(=O)c3ccc(Cl)cc3)CC2)c(C)c1C. The smallest absolute Gasteiger partial charge is 0.253 e. The van der Waals surface area contributed by atoms with Crippen molar-refractivity contribution in [3.05, 3.63) is 63.7 Å². The Morgan fingerprint density at radius 2 is 1.67 bits per heavy atom. The second-order valence-corrected chi connectivity index (χ2v) is 8.19. The molecule has 0 radical (unpaired) electrons. The summed E-state index contributed by atoms with van der Waals surface area (Å²) >= 11 is 5.93. The average molecular weight is 431 g/mol. The van der Waals surface area contributed by atoms with Crippen molar-refractivity contribution in [2.75, 3.05) is 46.5 Å². The minimum Gasteiger partial charge on any atom is -0.491 e. The van der Waals surface area contributed by atoms with Crippen molar-refractivity contribution in [2.24, 2.45) is 0 Å². The predicted octanol–water partition coefficient (Wildman–Crippen LogP) is 4.50. The third-order valence-electron chi connectivity index (χ3n) is 6.01. The summed E-state index contributed by atoms with van der Waals surface area (Å²) in [5.74, 6) is 0.988. The predicted molar refractivity (Wildman–Crippen MR) is 121 cm³/mol. The summed E-state index contributed by atoms with van der Waals surface area (Å²) in [4.78, 5) is 17.1. The lowest BCUT2D eigenvalue weighted by atomic mass is 9.96. The number of nitrogens with zero attached hydrogens (tertiary/aromatic N) is 2. The van der Waals surface area contributed by atoms with Crippen molar-refractivity contribution in [1.82, 2.24) is 9.80 Å². The fraction of sp³-hybridized carbons (Fsp3) is 0.458. The monoisotopic (exact) mass is 430 g/mol. The maximum atomic E-state index is 12.7. The van der Waals surface area contributed by atoms with Crippen LogP contribution in [0, 0.1) is 13.8 Å². The normalized spacial score (nSPS) is 15.8. The van der Waals surface area contributed by atoms with Gasteiger partial charge < -0.3 is 14.4 Å². The van der Waals surface area contributed by atoms with Gasteiger partial charge in [-0.1, -0.05) is 17.7 Å². The minimum absolute atomic E-state index is 0.0727. The van der Waals surface area contributed by atoms with Crippen LogP contribution in [0.4, 0.5) is 0 Å². The van der Waals surface area contributed by atoms with Gasteiger partial charge in [0, 0.05) is 49.9 Å². The first-order valence-electron chi connectivity index (χ1n) is 10.4. The summed E-state index contributed by atoms with van der Waals surface area (Å²) in [6.45, 7) is 10.8. The van der Waals surface area contributed by atoms with Crippen LogP contribution in [0.3, 0.4) is 0 Å². The molecule has 3 rings (SSSR count). The summed E-state index contributed by atoms with van der Waals surface area (Å²) in [5, 5.41) is 0.644. The molecule has 162 valence electrons. The van der Waals surface area contributed by atoms with Gasteiger partial charge in [0.25, 0.3) is 5.91 Å². The van der Waals surface area contributed by atoms with E-state index in [9.17, 15) is 4.79 Å². The Bertz CT molecular complexity index is 861. The maximum Gasteiger partial charge on any atom is 0.253 e. The second kappa shape index (κ2) is 10.3. The van der Waals surface area contributed by atoms with E-state index in [1.54, 1.807) is 31.4 Å². The molecule has 0 N–H and O–H groups in total. The molecule has 1 aliphatic heterocycles. The van der Waals surface area contributed by atoms with E-state index in [0.717, 1.165) is 31.9 Å². The van der Waals surface area contributed by atoms with E-state index in [2.05, 4.69) is 37.8 Å². The highest BCUT2D eigenvalue weighted by atomic mass is 35.5. The molecule has 0 saturated carbocycles. The van der Waals surface area contributed by atoms with Crippen LogP contribution in [0.2, 0.25) is 5.02 Å². The Hall–Kier alpha value is -2.08. The zero-order valence-electron chi connectivity index (χ0n) is 18.3. The number of methoxy groups -OCH3 is 1. The van der Waals surface area contributed by atoms with E-state index in [0.29, 0.717) is 23.8 Å². The van der Waals surface area contributed by atoms with Gasteiger partial charge in [-0.25, -0.2) is 0 Å². The van der Waals surface area contributed by atoms with Crippen molar-refractivity contribution >= 4 is 17.5 Å². The van der Waals surface area contributed by atoms with Gasteiger partial charge >= 0.3 is 0 Å². The molecular weight excluding hydrogens is 400 g/mol. The molecule has 0 bridgehead atoms. The van der Waals surface area contributed by atoms with Gasteiger partial charge in [-0.2, -0.15) is 0 Å². The number of ether oxygens (including phenoxy) is 2. The Balaban J connectivity index is 1.62. The molecule has 5 nitrogen and oxygen atoms in total. The average Bonchev–Trinajstić information content (AvgIpc) is 2.76. The lowest BCUT2D eigenvalue weighted by Gasteiger charge is -2.39. The van der Waals surface area contributed by atoms with Gasteiger partial charge in [0.05, 0.1) is 6.61 Å². The number of carbonyl (C=O) groups excluding carboxylic acids is 1. The molecule has 1 amide bonds. The van der Waals surface area contributed by atoms with E-state index < -0.39 is 0 Å². The third kappa shape index (κ3) is 5.15. The largest absolute Gasteiger partial charge is 0.491 e. The first kappa shape index (κ1) is 22.6. The van der Waals surface area contributed by atoms with Crippen LogP contribution in [0.15, 0.2) is 36.4 Å². The van der Waals surface area contributed by atoms with Gasteiger partial charge in [-0.05, 0) is 67.8 Å². The molecule has 1 heterocycles. The summed E-state index contributed by atoms with van der Waals surface area (Å²) in [7, 11) is 1.68. The standard InChI is InChI=1S/C24H31ClN2O3/c1-17-18(2)23(30-16-15-29-4)10-9-22(17)19(3)26-11-13-27(14-12-26)24(28)20-5-7-21(25)8-6-20/h5-10,19H,11-16H2,1-4H3/t19-/m1/s1. The quantitative estimate of drug-likeness (QED) is 0.606. The van der Waals surface area contributed by atoms with Crippen molar-refractivity contribution < 1.29 is 14.3 Å². The van der Waals surface area contributed by atoms with Gasteiger partial charge in [-0.15, -0.1) is 0 Å². The lowest BCUT2D eigenvalue weighted by Crippen LogP contribution is -2.49. The van der Waals surface area contributed by atoms with E-state index in [1.165, 1.54) is 16.7 Å². The highest BCUT2D eigenvalue weighted by molar-refractivity contribution is 6.30. The van der Waals surface area contributed by atoms with Gasteiger partial charge in [-0.3, -0.25) is 9.69 Å². The number of hydrogen-bond donors (Lipinski definition) is 0. The molecule has 6 heteroatoms. The van der Waals surface area contributed by atoms with Crippen molar-refractivity contribution in [2.45, 2.75) is 26.8 Å². The van der Waals surface area contributed by atoms with Gasteiger partial charge in [0.2, 0.25) is 0 Å². The molecule has 1 aliphatic rings. The topological polar surface area (TPSA) is 42.0 Å². The molecular formula is C24H31ClN2O3. The van der Waals surface area contributed by atoms with Gasteiger partial charge in [0.1, 0.15) is 12.4 Å². The third-order valence-corrected chi connectivity index (χ3v) is 6.27. The molecule has 0 spiro atoms. The molecule has 1 fully saturated rings. The van der Waals surface area contributed by atoms with Crippen molar-refractivity contribution in [3.63, 3.8) is 0 Å². The van der Waals surface area contributed by atoms with Crippen LogP contribution in [-0.4, -0.2) is 62.2 Å². The fourth-order valence-corrected chi connectivity index (χ4v) is 4.07. The highest BCUT2D eigenvalue weighted by Gasteiger charge is 2.26. The first-order chi connectivity index (χ1) is 14.4. The number of amides is 1. The Morgan fingerprint density at radius 3 is 2.30 bits per heavy atom. The first-order valence-corrected chi connectivity index (χ1v) is 10.8. The molecule has 0 aromatic heterocycles. The number of carbonyl (C=O) groups is 1. The number of benzene rings is 2. The number of halogens is 1. The molecule has 1 atom stereocenters. The van der Waals surface area contributed by atoms with E-state index in [1.807, 2.05) is 4.90 Å². The van der Waals surface area contributed by atoms with E-state index in [-0.39, 0.29) is 11.9 Å². The fourth-order valence-electron chi connectivity index (χ4n) is 3.94. The maximum absolute atomic E-state index is 12.7. The minimum atomic E-state index is 0.0727. The van der Waals surface area contributed by atoms with Crippen LogP contribution < -0.4 is 4.74 Å². The summed E-state index contributed by atoms with van der Waals surface area (Å²) < 4.78 is 10.9. The van der Waals surface area contributed by atoms with Crippen LogP contribution in [-0.2, 0) is 4.74 Å². The molecule has 2 aromatic rings. The van der Waals surface area contributed by atoms with Crippen LogP contribution in [0.25, 0.3) is 0 Å². The van der Waals surface area contributed by atoms with Crippen LogP contribution >= 0.6 is 11.6 Å². The molecule has 0 aliphatic carbocycles. The van der Waals surface area contributed by atoms with E-state index >= 15 is 0 Å². The number of hydrogen-bond acceptors (Lipinski definition) is 4. The molecule has 2 aromatic carbocycles. The molecule has 1 saturated heterocycles. The molecule has 30 heavy (non-hydrogen) atoms. The second-order valence-electron chi connectivity index (χ2n) is 7.76. The Labute approximate surface area is 184 Å². The Kier molecular flexibility index (Phi) is 7.75. The number of rotatable bonds is 7. The summed E-state index contributed by atoms with van der Waals surface area (Å²) in [6, 6.07) is 11.6. The molecule has 0 unspecified atom stereocenters. The summed E-state index contributed by atoms with van der Waals surface area (Å²) in [6.07, 6.45) is 0. The zero-order chi connectivity index (χ0) is 21.7. The van der Waals surface area contributed by atoms with Gasteiger partial charge in [0.15, 0.2) is 0 Å². The van der Waals surface area contributed by atoms with Crippen molar-refractivity contribution in [1.29, 1.82) is 0 Å². The van der Waals surface area contributed by atoms with Crippen LogP contribution in [0.5, 0.6) is 5.75 Å². The van der Waals surface area contributed by atoms with Crippen LogP contribution in [0.1, 0.15) is 40.0 Å². The Morgan fingerprint density at radius 1 is 1.00 bits per heavy atom. The number of piperazine rings is 1. The van der Waals surface area contributed by atoms with Crippen molar-refractivity contribution in [3.8, 4) is 5.75 Å². The van der Waals surface area contributed by atoms with E-state index in [4.69, 9.17) is 21.1 Å². The summed E-state index contributed by atoms with van der Waals surface area (Å²) in [5.41, 5.74) is 4.43. The lowest BCUT2D eigenvalue weighted by molar-refractivity contribution is 0.0581. The zero-order valence-corrected chi connectivity index (χ0v) is 19.0. The highest BCUT2D eigenvalue weighted by Crippen LogP contribution is 2.31.